The Bertz CT molecular complexity index is 1070. The van der Waals surface area contributed by atoms with Crippen LogP contribution in [-0.2, 0) is 26.0 Å². The Morgan fingerprint density at radius 1 is 1.07 bits per heavy atom. The molecule has 0 N–H and O–H groups in total. The largest absolute Gasteiger partial charge is 0.470 e. The van der Waals surface area contributed by atoms with E-state index >= 15 is 0 Å². The predicted octanol–water partition coefficient (Wildman–Crippen LogP) is 3.79. The normalized spacial score (nSPS) is 13.6. The predicted molar refractivity (Wildman–Crippen MR) is 104 cm³/mol. The van der Waals surface area contributed by atoms with E-state index in [2.05, 4.69) is 32.4 Å². The van der Waals surface area contributed by atoms with Crippen molar-refractivity contribution in [3.8, 4) is 5.88 Å². The third-order valence-corrected chi connectivity index (χ3v) is 6.05. The molecule has 7 heteroatoms. The molecular weight excluding hydrogens is 358 g/mol. The summed E-state index contributed by atoms with van der Waals surface area (Å²) in [6.45, 7) is 1.05. The van der Waals surface area contributed by atoms with Gasteiger partial charge in [-0.05, 0) is 36.8 Å². The Labute approximate surface area is 160 Å². The van der Waals surface area contributed by atoms with Crippen molar-refractivity contribution in [1.29, 1.82) is 0 Å². The van der Waals surface area contributed by atoms with Crippen molar-refractivity contribution in [3.05, 3.63) is 64.6 Å². The third-order valence-electron chi connectivity index (χ3n) is 4.85. The summed E-state index contributed by atoms with van der Waals surface area (Å²) in [4.78, 5) is 11.3. The molecule has 0 aliphatic heterocycles. The Balaban J connectivity index is 1.34. The topological polar surface area (TPSA) is 65.7 Å². The molecule has 0 fully saturated rings. The summed E-state index contributed by atoms with van der Waals surface area (Å²) >= 11 is 1.78. The third kappa shape index (κ3) is 3.30. The molecule has 0 unspecified atom stereocenters. The molecule has 1 aliphatic rings. The van der Waals surface area contributed by atoms with Crippen LogP contribution in [0.2, 0.25) is 0 Å². The lowest BCUT2D eigenvalue weighted by molar-refractivity contribution is 0.292. The number of benzene rings is 1. The van der Waals surface area contributed by atoms with Crippen LogP contribution in [0.4, 0.5) is 0 Å². The van der Waals surface area contributed by atoms with Gasteiger partial charge in [0.25, 0.3) is 0 Å². The molecule has 27 heavy (non-hydrogen) atoms. The van der Waals surface area contributed by atoms with Gasteiger partial charge in [0.1, 0.15) is 23.5 Å². The molecule has 0 saturated heterocycles. The summed E-state index contributed by atoms with van der Waals surface area (Å²) in [7, 11) is 0. The highest BCUT2D eigenvalue weighted by molar-refractivity contribution is 7.18. The maximum atomic E-state index is 6.03. The second-order valence-corrected chi connectivity index (χ2v) is 7.84. The first-order valence-electron chi connectivity index (χ1n) is 9.18. The van der Waals surface area contributed by atoms with Crippen molar-refractivity contribution < 1.29 is 4.74 Å². The van der Waals surface area contributed by atoms with Gasteiger partial charge < -0.3 is 4.74 Å². The van der Waals surface area contributed by atoms with E-state index in [0.29, 0.717) is 19.0 Å². The van der Waals surface area contributed by atoms with Crippen LogP contribution in [0, 0.1) is 0 Å². The van der Waals surface area contributed by atoms with Gasteiger partial charge in [0.15, 0.2) is 0 Å². The van der Waals surface area contributed by atoms with Gasteiger partial charge in [0.2, 0.25) is 5.88 Å². The molecule has 1 aromatic carbocycles. The van der Waals surface area contributed by atoms with Gasteiger partial charge in [-0.3, -0.25) is 0 Å². The van der Waals surface area contributed by atoms with Gasteiger partial charge in [0.05, 0.1) is 18.1 Å². The Morgan fingerprint density at radius 2 is 1.96 bits per heavy atom. The number of nitrogens with zero attached hydrogens (tertiary/aromatic N) is 5. The number of hydrogen-bond acceptors (Lipinski definition) is 6. The minimum Gasteiger partial charge on any atom is -0.470 e. The second-order valence-electron chi connectivity index (χ2n) is 6.75. The summed E-state index contributed by atoms with van der Waals surface area (Å²) in [5.74, 6) is 0.664. The maximum absolute atomic E-state index is 6.03. The number of rotatable bonds is 5. The number of aromatic nitrogens is 5. The van der Waals surface area contributed by atoms with E-state index in [-0.39, 0.29) is 0 Å². The Morgan fingerprint density at radius 3 is 2.89 bits per heavy atom. The molecule has 1 aliphatic carbocycles. The van der Waals surface area contributed by atoms with Crippen LogP contribution in [-0.4, -0.2) is 25.0 Å². The van der Waals surface area contributed by atoms with Gasteiger partial charge in [0, 0.05) is 4.88 Å². The molecule has 0 radical (unpaired) electrons. The lowest BCUT2D eigenvalue weighted by atomic mass is 9.97. The number of hydrogen-bond donors (Lipinski definition) is 0. The average molecular weight is 377 g/mol. The van der Waals surface area contributed by atoms with Gasteiger partial charge >= 0.3 is 0 Å². The second kappa shape index (κ2) is 7.08. The minimum absolute atomic E-state index is 0.353. The van der Waals surface area contributed by atoms with E-state index in [1.807, 2.05) is 29.1 Å². The molecule has 4 aromatic rings. The van der Waals surface area contributed by atoms with E-state index in [4.69, 9.17) is 4.74 Å². The summed E-state index contributed by atoms with van der Waals surface area (Å²) in [5.41, 5.74) is 3.36. The zero-order valence-electron chi connectivity index (χ0n) is 14.8. The van der Waals surface area contributed by atoms with Crippen LogP contribution in [0.3, 0.4) is 0 Å². The van der Waals surface area contributed by atoms with Gasteiger partial charge in [-0.15, -0.1) is 16.4 Å². The van der Waals surface area contributed by atoms with Crippen LogP contribution in [0.1, 0.15) is 34.5 Å². The molecule has 0 saturated carbocycles. The van der Waals surface area contributed by atoms with Crippen molar-refractivity contribution in [2.75, 3.05) is 0 Å². The summed E-state index contributed by atoms with van der Waals surface area (Å²) in [6, 6.07) is 10.2. The Kier molecular flexibility index (Phi) is 4.29. The molecule has 0 spiro atoms. The van der Waals surface area contributed by atoms with Crippen molar-refractivity contribution in [1.82, 2.24) is 25.0 Å². The van der Waals surface area contributed by atoms with Gasteiger partial charge in [-0.25, -0.2) is 14.6 Å². The summed E-state index contributed by atoms with van der Waals surface area (Å²) in [5, 5.41) is 9.52. The first-order chi connectivity index (χ1) is 13.4. The zero-order valence-corrected chi connectivity index (χ0v) is 15.7. The average Bonchev–Trinajstić information content (AvgIpc) is 3.31. The summed E-state index contributed by atoms with van der Waals surface area (Å²) < 4.78 is 7.86. The number of aryl methyl sites for hydroxylation is 2. The molecule has 0 bridgehead atoms. The minimum atomic E-state index is 0.353. The molecule has 136 valence electrons. The monoisotopic (exact) mass is 377 g/mol. The standard InChI is InChI=1S/C20H19N5OS/c1-2-6-14(7-3-1)10-25-11-15(23-24-25)12-26-19-18-16-8-4-5-9-17(16)27-20(18)22-13-21-19/h1-3,6-7,11,13H,4-5,8-10,12H2. The van der Waals surface area contributed by atoms with E-state index in [1.165, 1.54) is 28.8 Å². The molecule has 3 heterocycles. The first-order valence-corrected chi connectivity index (χ1v) is 9.99. The van der Waals surface area contributed by atoms with Crippen LogP contribution in [0.15, 0.2) is 42.9 Å². The van der Waals surface area contributed by atoms with Crippen molar-refractivity contribution in [2.24, 2.45) is 0 Å². The highest BCUT2D eigenvalue weighted by Gasteiger charge is 2.20. The molecule has 6 nitrogen and oxygen atoms in total. The summed E-state index contributed by atoms with van der Waals surface area (Å²) in [6.07, 6.45) is 8.23. The smallest absolute Gasteiger partial charge is 0.226 e. The highest BCUT2D eigenvalue weighted by atomic mass is 32.1. The van der Waals surface area contributed by atoms with Gasteiger partial charge in [-0.1, -0.05) is 35.5 Å². The van der Waals surface area contributed by atoms with E-state index in [1.54, 1.807) is 17.7 Å². The van der Waals surface area contributed by atoms with Crippen LogP contribution < -0.4 is 4.74 Å². The van der Waals surface area contributed by atoms with Crippen molar-refractivity contribution in [3.63, 3.8) is 0 Å². The van der Waals surface area contributed by atoms with E-state index in [0.717, 1.165) is 28.8 Å². The molecule has 0 atom stereocenters. The number of thiophene rings is 1. The number of fused-ring (bicyclic) bond motifs is 3. The SMILES string of the molecule is c1ccc(Cn2cc(COc3ncnc4sc5c(c34)CCCC5)nn2)cc1. The fourth-order valence-electron chi connectivity index (χ4n) is 3.57. The van der Waals surface area contributed by atoms with Crippen LogP contribution in [0.5, 0.6) is 5.88 Å². The Hall–Kier alpha value is -2.80. The van der Waals surface area contributed by atoms with Crippen LogP contribution >= 0.6 is 11.3 Å². The van der Waals surface area contributed by atoms with E-state index < -0.39 is 0 Å². The molecule has 3 aromatic heterocycles. The fourth-order valence-corrected chi connectivity index (χ4v) is 4.78. The highest BCUT2D eigenvalue weighted by Crippen LogP contribution is 2.39. The molecule has 0 amide bonds. The quantitative estimate of drug-likeness (QED) is 0.529. The fraction of sp³-hybridized carbons (Fsp3) is 0.300. The van der Waals surface area contributed by atoms with Crippen LogP contribution in [0.25, 0.3) is 10.2 Å². The van der Waals surface area contributed by atoms with Gasteiger partial charge in [-0.2, -0.15) is 0 Å². The maximum Gasteiger partial charge on any atom is 0.226 e. The lowest BCUT2D eigenvalue weighted by Gasteiger charge is -2.11. The lowest BCUT2D eigenvalue weighted by Crippen LogP contribution is -2.02. The van der Waals surface area contributed by atoms with E-state index in [9.17, 15) is 0 Å². The zero-order chi connectivity index (χ0) is 18.1. The van der Waals surface area contributed by atoms with Crippen molar-refractivity contribution in [2.45, 2.75) is 38.8 Å². The number of ether oxygens (including phenoxy) is 1. The molecule has 5 rings (SSSR count). The molecular formula is C20H19N5OS. The first kappa shape index (κ1) is 16.4. The van der Waals surface area contributed by atoms with Crippen molar-refractivity contribution >= 4 is 21.6 Å².